The normalized spacial score (nSPS) is 13.6. The van der Waals surface area contributed by atoms with Crippen molar-refractivity contribution < 1.29 is 22.7 Å². The Bertz CT molecular complexity index is 1490. The average Bonchev–Trinajstić information content (AvgIpc) is 3.68. The summed E-state index contributed by atoms with van der Waals surface area (Å²) in [6.45, 7) is 0.175. The molecule has 37 heavy (non-hydrogen) atoms. The number of aromatic nitrogens is 2. The first-order valence-electron chi connectivity index (χ1n) is 11.6. The monoisotopic (exact) mass is 538 g/mol. The molecule has 5 rings (SSSR count). The number of rotatable bonds is 9. The van der Waals surface area contributed by atoms with Crippen LogP contribution in [-0.2, 0) is 16.6 Å². The number of ether oxygens (including phenoxy) is 2. The summed E-state index contributed by atoms with van der Waals surface area (Å²) in [6, 6.07) is 15.1. The van der Waals surface area contributed by atoms with Crippen molar-refractivity contribution in [1.82, 2.24) is 14.3 Å². The third-order valence-corrected chi connectivity index (χ3v) is 9.28. The van der Waals surface area contributed by atoms with Crippen LogP contribution in [0.15, 0.2) is 65.7 Å². The van der Waals surface area contributed by atoms with Crippen molar-refractivity contribution in [2.45, 2.75) is 30.3 Å². The zero-order valence-corrected chi connectivity index (χ0v) is 22.3. The second-order valence-electron chi connectivity index (χ2n) is 8.63. The maximum Gasteiger partial charge on any atom is 0.260 e. The number of fused-ring (bicyclic) bond motifs is 1. The molecular formula is C26H26N4O5S2. The lowest BCUT2D eigenvalue weighted by Crippen LogP contribution is -2.31. The SMILES string of the molecule is COc1ccc(OC)c2sc(N(Cc3ccccn3)C(=O)c3ccc(S(=O)(=O)N(C)C4CC4)cc3)nc12. The fourth-order valence-corrected chi connectivity index (χ4v) is 6.48. The molecule has 1 aliphatic carbocycles. The summed E-state index contributed by atoms with van der Waals surface area (Å²) in [5.74, 6) is 0.860. The predicted octanol–water partition coefficient (Wildman–Crippen LogP) is 4.34. The number of hydrogen-bond acceptors (Lipinski definition) is 8. The van der Waals surface area contributed by atoms with Crippen LogP contribution in [0, 0.1) is 0 Å². The van der Waals surface area contributed by atoms with Gasteiger partial charge in [-0.05, 0) is 61.4 Å². The Morgan fingerprint density at radius 2 is 1.73 bits per heavy atom. The fourth-order valence-electron chi connectivity index (χ4n) is 4.00. The summed E-state index contributed by atoms with van der Waals surface area (Å²) < 4.78 is 38.9. The number of methoxy groups -OCH3 is 2. The molecule has 0 bridgehead atoms. The van der Waals surface area contributed by atoms with Crippen LogP contribution in [-0.4, -0.2) is 55.9 Å². The Kier molecular flexibility index (Phi) is 6.84. The van der Waals surface area contributed by atoms with Crippen molar-refractivity contribution in [3.63, 3.8) is 0 Å². The van der Waals surface area contributed by atoms with Crippen LogP contribution in [0.3, 0.4) is 0 Å². The first-order chi connectivity index (χ1) is 17.8. The van der Waals surface area contributed by atoms with Gasteiger partial charge in [0.1, 0.15) is 21.7 Å². The highest BCUT2D eigenvalue weighted by molar-refractivity contribution is 7.89. The van der Waals surface area contributed by atoms with E-state index < -0.39 is 10.0 Å². The summed E-state index contributed by atoms with van der Waals surface area (Å²) in [7, 11) is 1.12. The van der Waals surface area contributed by atoms with Crippen molar-refractivity contribution in [1.29, 1.82) is 0 Å². The topological polar surface area (TPSA) is 102 Å². The van der Waals surface area contributed by atoms with Crippen LogP contribution in [0.2, 0.25) is 0 Å². The van der Waals surface area contributed by atoms with E-state index in [0.717, 1.165) is 17.5 Å². The molecule has 0 spiro atoms. The van der Waals surface area contributed by atoms with Gasteiger partial charge < -0.3 is 9.47 Å². The Morgan fingerprint density at radius 3 is 2.35 bits per heavy atom. The number of thiazole rings is 1. The van der Waals surface area contributed by atoms with Crippen molar-refractivity contribution >= 4 is 42.6 Å². The van der Waals surface area contributed by atoms with E-state index in [0.29, 0.717) is 33.4 Å². The number of pyridine rings is 1. The lowest BCUT2D eigenvalue weighted by Gasteiger charge is -2.20. The average molecular weight is 539 g/mol. The van der Waals surface area contributed by atoms with Gasteiger partial charge in [0, 0.05) is 24.8 Å². The molecule has 0 N–H and O–H groups in total. The highest BCUT2D eigenvalue weighted by Crippen LogP contribution is 2.40. The first-order valence-corrected chi connectivity index (χ1v) is 13.9. The van der Waals surface area contributed by atoms with Crippen molar-refractivity contribution in [2.24, 2.45) is 0 Å². The quantitative estimate of drug-likeness (QED) is 0.312. The Labute approximate surface area is 219 Å². The Morgan fingerprint density at radius 1 is 1.03 bits per heavy atom. The molecule has 192 valence electrons. The highest BCUT2D eigenvalue weighted by Gasteiger charge is 2.35. The van der Waals surface area contributed by atoms with E-state index in [1.807, 2.05) is 12.1 Å². The molecular weight excluding hydrogens is 512 g/mol. The molecule has 1 amide bonds. The molecule has 0 radical (unpaired) electrons. The van der Waals surface area contributed by atoms with Crippen molar-refractivity contribution in [2.75, 3.05) is 26.2 Å². The molecule has 0 saturated heterocycles. The molecule has 2 aromatic carbocycles. The van der Waals surface area contributed by atoms with Crippen LogP contribution in [0.5, 0.6) is 11.5 Å². The number of carbonyl (C=O) groups excluding carboxylic acids is 1. The molecule has 0 aliphatic heterocycles. The summed E-state index contributed by atoms with van der Waals surface area (Å²) in [4.78, 5) is 24.6. The first kappa shape index (κ1) is 25.1. The third-order valence-electron chi connectivity index (χ3n) is 6.26. The number of sulfonamides is 1. The summed E-state index contributed by atoms with van der Waals surface area (Å²) in [6.07, 6.45) is 3.40. The number of anilines is 1. The van der Waals surface area contributed by atoms with Gasteiger partial charge in [-0.2, -0.15) is 4.31 Å². The lowest BCUT2D eigenvalue weighted by molar-refractivity contribution is 0.0984. The van der Waals surface area contributed by atoms with Gasteiger partial charge in [0.25, 0.3) is 5.91 Å². The Balaban J connectivity index is 1.53. The van der Waals surface area contributed by atoms with Gasteiger partial charge in [0.2, 0.25) is 10.0 Å². The maximum atomic E-state index is 13.8. The van der Waals surface area contributed by atoms with Crippen molar-refractivity contribution in [3.8, 4) is 11.5 Å². The van der Waals surface area contributed by atoms with Crippen LogP contribution < -0.4 is 14.4 Å². The lowest BCUT2D eigenvalue weighted by atomic mass is 10.2. The zero-order chi connectivity index (χ0) is 26.2. The minimum atomic E-state index is -3.61. The van der Waals surface area contributed by atoms with Gasteiger partial charge in [0.05, 0.1) is 31.4 Å². The Hall–Kier alpha value is -3.54. The molecule has 1 aliphatic rings. The number of hydrogen-bond donors (Lipinski definition) is 0. The van der Waals surface area contributed by atoms with Crippen LogP contribution in [0.4, 0.5) is 5.13 Å². The maximum absolute atomic E-state index is 13.8. The summed E-state index contributed by atoms with van der Waals surface area (Å²) in [5, 5.41) is 0.443. The van der Waals surface area contributed by atoms with Gasteiger partial charge in [-0.1, -0.05) is 17.4 Å². The number of amides is 1. The fraction of sp³-hybridized carbons (Fsp3) is 0.269. The molecule has 0 unspecified atom stereocenters. The predicted molar refractivity (Wildman–Crippen MR) is 142 cm³/mol. The van der Waals surface area contributed by atoms with E-state index >= 15 is 0 Å². The van der Waals surface area contributed by atoms with E-state index in [-0.39, 0.29) is 23.4 Å². The third kappa shape index (κ3) is 4.89. The second-order valence-corrected chi connectivity index (χ2v) is 11.6. The largest absolute Gasteiger partial charge is 0.495 e. The standard InChI is InChI=1S/C26H26N4O5S2/c1-29(19-9-10-19)37(32,33)20-11-7-17(8-12-20)25(31)30(16-18-6-4-5-15-27-18)26-28-23-21(34-2)13-14-22(35-3)24(23)36-26/h4-8,11-15,19H,9-10,16H2,1-3H3. The van der Waals surface area contributed by atoms with Gasteiger partial charge in [-0.3, -0.25) is 14.7 Å². The molecule has 1 fully saturated rings. The minimum Gasteiger partial charge on any atom is -0.495 e. The van der Waals surface area contributed by atoms with E-state index in [1.165, 1.54) is 44.8 Å². The van der Waals surface area contributed by atoms with Gasteiger partial charge in [-0.15, -0.1) is 0 Å². The smallest absolute Gasteiger partial charge is 0.260 e. The van der Waals surface area contributed by atoms with E-state index in [2.05, 4.69) is 4.98 Å². The molecule has 4 aromatic rings. The highest BCUT2D eigenvalue weighted by atomic mass is 32.2. The molecule has 2 aromatic heterocycles. The van der Waals surface area contributed by atoms with Gasteiger partial charge in [-0.25, -0.2) is 13.4 Å². The van der Waals surface area contributed by atoms with Crippen LogP contribution in [0.1, 0.15) is 28.9 Å². The number of carbonyl (C=O) groups is 1. The summed E-state index contributed by atoms with van der Waals surface area (Å²) in [5.41, 5.74) is 1.60. The minimum absolute atomic E-state index is 0.0493. The second kappa shape index (κ2) is 10.1. The molecule has 9 nitrogen and oxygen atoms in total. The molecule has 1 saturated carbocycles. The van der Waals surface area contributed by atoms with Gasteiger partial charge >= 0.3 is 0 Å². The van der Waals surface area contributed by atoms with E-state index in [9.17, 15) is 13.2 Å². The zero-order valence-electron chi connectivity index (χ0n) is 20.6. The molecule has 2 heterocycles. The molecule has 0 atom stereocenters. The number of benzene rings is 2. The summed E-state index contributed by atoms with van der Waals surface area (Å²) >= 11 is 1.31. The van der Waals surface area contributed by atoms with E-state index in [1.54, 1.807) is 45.7 Å². The number of nitrogens with zero attached hydrogens (tertiary/aromatic N) is 4. The molecule has 11 heteroatoms. The van der Waals surface area contributed by atoms with Gasteiger partial charge in [0.15, 0.2) is 5.13 Å². The van der Waals surface area contributed by atoms with Crippen molar-refractivity contribution in [3.05, 3.63) is 72.1 Å². The van der Waals surface area contributed by atoms with E-state index in [4.69, 9.17) is 14.5 Å². The van der Waals surface area contributed by atoms with Crippen LogP contribution in [0.25, 0.3) is 10.2 Å². The van der Waals surface area contributed by atoms with Crippen LogP contribution >= 0.6 is 11.3 Å².